The maximum Gasteiger partial charge on any atom is 0.123 e. The summed E-state index contributed by atoms with van der Waals surface area (Å²) < 4.78 is 7.92. The average molecular weight is 364 g/mol. The molecule has 142 valence electrons. The molecule has 27 heavy (non-hydrogen) atoms. The third-order valence-electron chi connectivity index (χ3n) is 5.60. The van der Waals surface area contributed by atoms with Gasteiger partial charge in [0.1, 0.15) is 5.75 Å². The first-order valence-electron chi connectivity index (χ1n) is 9.86. The zero-order chi connectivity index (χ0) is 18.8. The number of hydrogen-bond acceptors (Lipinski definition) is 3. The maximum atomic E-state index is 5.61. The first-order valence-corrected chi connectivity index (χ1v) is 9.86. The molecule has 1 fully saturated rings. The second-order valence-corrected chi connectivity index (χ2v) is 7.67. The van der Waals surface area contributed by atoms with Gasteiger partial charge in [-0.05, 0) is 29.7 Å². The van der Waals surface area contributed by atoms with E-state index < -0.39 is 0 Å². The van der Waals surface area contributed by atoms with Crippen molar-refractivity contribution in [2.75, 3.05) is 38.3 Å². The number of rotatable bonds is 5. The van der Waals surface area contributed by atoms with Crippen molar-refractivity contribution in [1.82, 2.24) is 9.58 Å². The number of aromatic nitrogens is 1. The van der Waals surface area contributed by atoms with Crippen molar-refractivity contribution in [3.8, 4) is 5.75 Å². The van der Waals surface area contributed by atoms with Gasteiger partial charge in [-0.15, -0.1) is 0 Å². The third-order valence-corrected chi connectivity index (χ3v) is 5.60. The molecule has 4 nitrogen and oxygen atoms in total. The van der Waals surface area contributed by atoms with Crippen LogP contribution in [0.4, 0.5) is 0 Å². The Morgan fingerprint density at radius 1 is 0.963 bits per heavy atom. The molecule has 0 aliphatic carbocycles. The van der Waals surface area contributed by atoms with Gasteiger partial charge < -0.3 is 9.75 Å². The molecule has 1 aromatic heterocycles. The van der Waals surface area contributed by atoms with Crippen molar-refractivity contribution in [3.05, 3.63) is 65.9 Å². The van der Waals surface area contributed by atoms with Crippen LogP contribution in [0.25, 0.3) is 10.9 Å². The highest BCUT2D eigenvalue weighted by molar-refractivity contribution is 5.80. The number of hydrogen-bond donors (Lipinski definition) is 0. The lowest BCUT2D eigenvalue weighted by Gasteiger charge is -2.37. The van der Waals surface area contributed by atoms with E-state index in [9.17, 15) is 0 Å². The summed E-state index contributed by atoms with van der Waals surface area (Å²) in [6.07, 6.45) is 2.19. The van der Waals surface area contributed by atoms with E-state index in [0.29, 0.717) is 5.92 Å². The molecule has 1 aliphatic heterocycles. The van der Waals surface area contributed by atoms with Crippen molar-refractivity contribution in [2.45, 2.75) is 26.3 Å². The molecule has 4 heteroatoms. The number of nitrogens with zero attached hydrogens (tertiary/aromatic N) is 3. The minimum absolute atomic E-state index is 0.536. The minimum Gasteiger partial charge on any atom is -0.496 e. The van der Waals surface area contributed by atoms with Gasteiger partial charge in [-0.3, -0.25) is 9.58 Å². The fraction of sp³-hybridized carbons (Fsp3) is 0.391. The summed E-state index contributed by atoms with van der Waals surface area (Å²) in [5.74, 6) is 1.53. The Morgan fingerprint density at radius 3 is 2.48 bits per heavy atom. The van der Waals surface area contributed by atoms with Gasteiger partial charge in [0.2, 0.25) is 0 Å². The second-order valence-electron chi connectivity index (χ2n) is 7.67. The predicted octanol–water partition coefficient (Wildman–Crippen LogP) is 4.23. The Balaban J connectivity index is 1.45. The lowest BCUT2D eigenvalue weighted by atomic mass is 10.00. The molecule has 1 aliphatic rings. The van der Waals surface area contributed by atoms with Gasteiger partial charge in [-0.25, -0.2) is 0 Å². The lowest BCUT2D eigenvalue weighted by Crippen LogP contribution is -2.50. The van der Waals surface area contributed by atoms with E-state index >= 15 is 0 Å². The van der Waals surface area contributed by atoms with Crippen LogP contribution >= 0.6 is 0 Å². The fourth-order valence-corrected chi connectivity index (χ4v) is 3.95. The zero-order valence-corrected chi connectivity index (χ0v) is 16.6. The smallest absolute Gasteiger partial charge is 0.123 e. The van der Waals surface area contributed by atoms with Gasteiger partial charge in [0.25, 0.3) is 0 Å². The van der Waals surface area contributed by atoms with Crippen molar-refractivity contribution in [3.63, 3.8) is 0 Å². The van der Waals surface area contributed by atoms with Crippen LogP contribution in [0.3, 0.4) is 0 Å². The molecule has 0 saturated carbocycles. The SMILES string of the molecule is COc1ccc(C(C)C)cc1CN1CCN(n2ccc3ccccc32)CC1. The first-order chi connectivity index (χ1) is 13.2. The first kappa shape index (κ1) is 17.9. The quantitative estimate of drug-likeness (QED) is 0.677. The highest BCUT2D eigenvalue weighted by atomic mass is 16.5. The summed E-state index contributed by atoms with van der Waals surface area (Å²) in [7, 11) is 1.77. The van der Waals surface area contributed by atoms with Gasteiger partial charge in [0.15, 0.2) is 0 Å². The molecule has 1 saturated heterocycles. The largest absolute Gasteiger partial charge is 0.496 e. The number of para-hydroxylation sites is 1. The summed E-state index contributed by atoms with van der Waals surface area (Å²) in [6, 6.07) is 17.4. The molecule has 0 unspecified atom stereocenters. The summed E-state index contributed by atoms with van der Waals surface area (Å²) >= 11 is 0. The molecule has 0 amide bonds. The molecule has 4 rings (SSSR count). The molecular formula is C23H29N3O. The van der Waals surface area contributed by atoms with Gasteiger partial charge in [-0.2, -0.15) is 0 Å². The van der Waals surface area contributed by atoms with Crippen molar-refractivity contribution in [1.29, 1.82) is 0 Å². The van der Waals surface area contributed by atoms with Gasteiger partial charge in [-0.1, -0.05) is 44.2 Å². The molecule has 2 aromatic carbocycles. The maximum absolute atomic E-state index is 5.61. The van der Waals surface area contributed by atoms with Crippen molar-refractivity contribution >= 4 is 10.9 Å². The predicted molar refractivity (Wildman–Crippen MR) is 112 cm³/mol. The number of fused-ring (bicyclic) bond motifs is 1. The number of ether oxygens (including phenoxy) is 1. The second kappa shape index (κ2) is 7.65. The Kier molecular flexibility index (Phi) is 5.08. The van der Waals surface area contributed by atoms with E-state index in [1.807, 2.05) is 0 Å². The standard InChI is InChI=1S/C23H29N3O/c1-18(2)20-8-9-23(27-3)21(16-20)17-24-12-14-25(15-13-24)26-11-10-19-6-4-5-7-22(19)26/h4-11,16,18H,12-15,17H2,1-3H3. The number of benzene rings is 2. The normalized spacial score (nSPS) is 15.6. The van der Waals surface area contributed by atoms with Crippen LogP contribution in [-0.4, -0.2) is 42.9 Å². The molecule has 0 spiro atoms. The number of piperazine rings is 1. The summed E-state index contributed by atoms with van der Waals surface area (Å²) in [6.45, 7) is 9.61. The highest BCUT2D eigenvalue weighted by Crippen LogP contribution is 2.26. The van der Waals surface area contributed by atoms with Gasteiger partial charge in [0.05, 0.1) is 12.6 Å². The van der Waals surface area contributed by atoms with E-state index in [2.05, 4.69) is 83.2 Å². The lowest BCUT2D eigenvalue weighted by molar-refractivity contribution is 0.230. The Morgan fingerprint density at radius 2 is 1.74 bits per heavy atom. The summed E-state index contributed by atoms with van der Waals surface area (Å²) in [5, 5.41) is 3.75. The Hall–Kier alpha value is -2.46. The van der Waals surface area contributed by atoms with E-state index in [-0.39, 0.29) is 0 Å². The fourth-order valence-electron chi connectivity index (χ4n) is 3.95. The van der Waals surface area contributed by atoms with Crippen LogP contribution in [-0.2, 0) is 6.54 Å². The van der Waals surface area contributed by atoms with Crippen molar-refractivity contribution < 1.29 is 4.74 Å². The molecule has 3 aromatic rings. The third kappa shape index (κ3) is 3.67. The molecule has 0 bridgehead atoms. The summed E-state index contributed by atoms with van der Waals surface area (Å²) in [4.78, 5) is 2.53. The Labute approximate surface area is 161 Å². The summed E-state index contributed by atoms with van der Waals surface area (Å²) in [5.41, 5.74) is 3.96. The molecule has 0 radical (unpaired) electrons. The molecular weight excluding hydrogens is 334 g/mol. The average Bonchev–Trinajstić information content (AvgIpc) is 3.12. The monoisotopic (exact) mass is 363 g/mol. The minimum atomic E-state index is 0.536. The van der Waals surface area contributed by atoms with Gasteiger partial charge >= 0.3 is 0 Å². The Bertz CT molecular complexity index is 907. The van der Waals surface area contributed by atoms with E-state index in [4.69, 9.17) is 4.74 Å². The van der Waals surface area contributed by atoms with E-state index in [1.165, 1.54) is 22.0 Å². The van der Waals surface area contributed by atoms with Crippen LogP contribution in [0, 0.1) is 0 Å². The van der Waals surface area contributed by atoms with Crippen LogP contribution in [0.1, 0.15) is 30.9 Å². The molecule has 0 atom stereocenters. The van der Waals surface area contributed by atoms with Gasteiger partial charge in [0, 0.05) is 49.9 Å². The van der Waals surface area contributed by atoms with Crippen molar-refractivity contribution in [2.24, 2.45) is 0 Å². The number of methoxy groups -OCH3 is 1. The van der Waals surface area contributed by atoms with Crippen LogP contribution in [0.5, 0.6) is 5.75 Å². The van der Waals surface area contributed by atoms with E-state index in [0.717, 1.165) is 38.5 Å². The van der Waals surface area contributed by atoms with Crippen LogP contribution < -0.4 is 9.75 Å². The molecule has 0 N–H and O–H groups in total. The highest BCUT2D eigenvalue weighted by Gasteiger charge is 2.19. The topological polar surface area (TPSA) is 20.6 Å². The van der Waals surface area contributed by atoms with Crippen LogP contribution in [0.15, 0.2) is 54.7 Å². The molecule has 2 heterocycles. The zero-order valence-electron chi connectivity index (χ0n) is 16.6. The van der Waals surface area contributed by atoms with E-state index in [1.54, 1.807) is 7.11 Å². The van der Waals surface area contributed by atoms with Crippen LogP contribution in [0.2, 0.25) is 0 Å².